The van der Waals surface area contributed by atoms with Gasteiger partial charge in [-0.05, 0) is 56.0 Å². The monoisotopic (exact) mass is 336 g/mol. The standard InChI is InChI=1S/C20H24N4O/c1-15-5-10-19(16(2)13-15)22-20(25)23-21-14-17-6-8-18(9-7-17)24-11-3-4-12-24/h5-10,13-14H,3-4,11-12H2,1-2H3,(H2,22,23,25)/b21-14+. The number of carbonyl (C=O) groups is 1. The second-order valence-electron chi connectivity index (χ2n) is 6.43. The van der Waals surface area contributed by atoms with Gasteiger partial charge in [-0.3, -0.25) is 0 Å². The maximum atomic E-state index is 11.9. The molecule has 1 heterocycles. The molecule has 1 aliphatic rings. The van der Waals surface area contributed by atoms with E-state index in [-0.39, 0.29) is 6.03 Å². The lowest BCUT2D eigenvalue weighted by Crippen LogP contribution is -2.24. The van der Waals surface area contributed by atoms with Gasteiger partial charge in [0.15, 0.2) is 0 Å². The van der Waals surface area contributed by atoms with Gasteiger partial charge in [0, 0.05) is 24.5 Å². The van der Waals surface area contributed by atoms with Gasteiger partial charge in [0.1, 0.15) is 0 Å². The van der Waals surface area contributed by atoms with Gasteiger partial charge in [0.25, 0.3) is 0 Å². The molecule has 0 aromatic heterocycles. The molecule has 2 aromatic carbocycles. The first-order valence-electron chi connectivity index (χ1n) is 8.64. The maximum Gasteiger partial charge on any atom is 0.339 e. The van der Waals surface area contributed by atoms with Gasteiger partial charge in [-0.15, -0.1) is 0 Å². The van der Waals surface area contributed by atoms with Crippen molar-refractivity contribution in [1.29, 1.82) is 0 Å². The molecule has 0 radical (unpaired) electrons. The third kappa shape index (κ3) is 4.59. The summed E-state index contributed by atoms with van der Waals surface area (Å²) in [5, 5.41) is 6.81. The molecule has 2 amide bonds. The van der Waals surface area contributed by atoms with Crippen LogP contribution in [0.15, 0.2) is 47.6 Å². The van der Waals surface area contributed by atoms with Gasteiger partial charge in [-0.1, -0.05) is 29.8 Å². The van der Waals surface area contributed by atoms with E-state index in [9.17, 15) is 4.79 Å². The molecule has 0 atom stereocenters. The molecule has 2 aromatic rings. The number of nitrogens with one attached hydrogen (secondary N) is 2. The summed E-state index contributed by atoms with van der Waals surface area (Å²) in [6, 6.07) is 13.8. The minimum atomic E-state index is -0.350. The first-order valence-corrected chi connectivity index (χ1v) is 8.64. The molecule has 1 fully saturated rings. The summed E-state index contributed by atoms with van der Waals surface area (Å²) in [4.78, 5) is 14.3. The van der Waals surface area contributed by atoms with Crippen LogP contribution in [0.1, 0.15) is 29.5 Å². The van der Waals surface area contributed by atoms with E-state index < -0.39 is 0 Å². The van der Waals surface area contributed by atoms with Crippen LogP contribution in [-0.2, 0) is 0 Å². The van der Waals surface area contributed by atoms with Crippen molar-refractivity contribution in [3.63, 3.8) is 0 Å². The van der Waals surface area contributed by atoms with E-state index in [0.29, 0.717) is 0 Å². The molecule has 3 rings (SSSR count). The Hall–Kier alpha value is -2.82. The van der Waals surface area contributed by atoms with Crippen LogP contribution in [0.4, 0.5) is 16.2 Å². The molecular weight excluding hydrogens is 312 g/mol. The van der Waals surface area contributed by atoms with Crippen LogP contribution in [0.5, 0.6) is 0 Å². The van der Waals surface area contributed by atoms with Crippen molar-refractivity contribution in [2.24, 2.45) is 5.10 Å². The van der Waals surface area contributed by atoms with Gasteiger partial charge in [0.2, 0.25) is 0 Å². The Morgan fingerprint density at radius 3 is 2.48 bits per heavy atom. The van der Waals surface area contributed by atoms with E-state index in [1.807, 2.05) is 44.2 Å². The van der Waals surface area contributed by atoms with E-state index in [0.717, 1.165) is 29.9 Å². The molecule has 2 N–H and O–H groups in total. The summed E-state index contributed by atoms with van der Waals surface area (Å²) in [6.45, 7) is 6.26. The predicted octanol–water partition coefficient (Wildman–Crippen LogP) is 4.06. The minimum Gasteiger partial charge on any atom is -0.372 e. The molecule has 0 unspecified atom stereocenters. The number of amides is 2. The fourth-order valence-electron chi connectivity index (χ4n) is 3.02. The number of hydrogen-bond donors (Lipinski definition) is 2. The fourth-order valence-corrected chi connectivity index (χ4v) is 3.02. The quantitative estimate of drug-likeness (QED) is 0.653. The number of rotatable bonds is 4. The van der Waals surface area contributed by atoms with E-state index in [2.05, 4.69) is 32.9 Å². The lowest BCUT2D eigenvalue weighted by atomic mass is 10.1. The summed E-state index contributed by atoms with van der Waals surface area (Å²) in [6.07, 6.45) is 4.18. The average molecular weight is 336 g/mol. The van der Waals surface area contributed by atoms with Crippen LogP contribution in [0, 0.1) is 13.8 Å². The normalized spacial score (nSPS) is 14.1. The Balaban J connectivity index is 1.52. The number of anilines is 2. The average Bonchev–Trinajstić information content (AvgIpc) is 3.13. The van der Waals surface area contributed by atoms with E-state index >= 15 is 0 Å². The van der Waals surface area contributed by atoms with Gasteiger partial charge >= 0.3 is 6.03 Å². The van der Waals surface area contributed by atoms with Crippen LogP contribution in [0.25, 0.3) is 0 Å². The highest BCUT2D eigenvalue weighted by Crippen LogP contribution is 2.20. The van der Waals surface area contributed by atoms with Crippen molar-refractivity contribution in [2.45, 2.75) is 26.7 Å². The molecule has 25 heavy (non-hydrogen) atoms. The summed E-state index contributed by atoms with van der Waals surface area (Å²) >= 11 is 0. The van der Waals surface area contributed by atoms with Crippen LogP contribution < -0.4 is 15.6 Å². The van der Waals surface area contributed by atoms with Crippen LogP contribution in [0.2, 0.25) is 0 Å². The lowest BCUT2D eigenvalue weighted by Gasteiger charge is -2.17. The Bertz CT molecular complexity index is 762. The second-order valence-corrected chi connectivity index (χ2v) is 6.43. The van der Waals surface area contributed by atoms with Crippen LogP contribution in [0.3, 0.4) is 0 Å². The van der Waals surface area contributed by atoms with Crippen molar-refractivity contribution >= 4 is 23.6 Å². The van der Waals surface area contributed by atoms with Crippen LogP contribution >= 0.6 is 0 Å². The topological polar surface area (TPSA) is 56.7 Å². The largest absolute Gasteiger partial charge is 0.372 e. The molecule has 5 heteroatoms. The lowest BCUT2D eigenvalue weighted by molar-refractivity contribution is 0.252. The SMILES string of the molecule is Cc1ccc(NC(=O)N/N=C/c2ccc(N3CCCC3)cc2)c(C)c1. The Labute approximate surface area is 148 Å². The van der Waals surface area contributed by atoms with Crippen molar-refractivity contribution in [3.8, 4) is 0 Å². The summed E-state index contributed by atoms with van der Waals surface area (Å²) in [5.74, 6) is 0. The summed E-state index contributed by atoms with van der Waals surface area (Å²) in [7, 11) is 0. The zero-order valence-corrected chi connectivity index (χ0v) is 14.7. The molecular formula is C20H24N4O. The second kappa shape index (κ2) is 7.83. The van der Waals surface area contributed by atoms with Crippen molar-refractivity contribution < 1.29 is 4.79 Å². The number of benzene rings is 2. The molecule has 1 saturated heterocycles. The maximum absolute atomic E-state index is 11.9. The highest BCUT2D eigenvalue weighted by atomic mass is 16.2. The van der Waals surface area contributed by atoms with E-state index in [1.165, 1.54) is 24.1 Å². The van der Waals surface area contributed by atoms with Crippen molar-refractivity contribution in [1.82, 2.24) is 5.43 Å². The highest BCUT2D eigenvalue weighted by molar-refractivity contribution is 5.91. The molecule has 0 bridgehead atoms. The predicted molar refractivity (Wildman–Crippen MR) is 104 cm³/mol. The smallest absolute Gasteiger partial charge is 0.339 e. The number of urea groups is 1. The van der Waals surface area contributed by atoms with Gasteiger partial charge in [0.05, 0.1) is 6.21 Å². The Morgan fingerprint density at radius 1 is 1.08 bits per heavy atom. The minimum absolute atomic E-state index is 0.350. The van der Waals surface area contributed by atoms with Crippen molar-refractivity contribution in [3.05, 3.63) is 59.2 Å². The van der Waals surface area contributed by atoms with E-state index in [4.69, 9.17) is 0 Å². The first-order chi connectivity index (χ1) is 12.1. The Morgan fingerprint density at radius 2 is 1.80 bits per heavy atom. The summed E-state index contributed by atoms with van der Waals surface area (Å²) in [5.41, 5.74) is 7.67. The van der Waals surface area contributed by atoms with E-state index in [1.54, 1.807) is 6.21 Å². The van der Waals surface area contributed by atoms with Crippen molar-refractivity contribution in [2.75, 3.05) is 23.3 Å². The first kappa shape index (κ1) is 17.0. The molecule has 130 valence electrons. The van der Waals surface area contributed by atoms with Crippen LogP contribution in [-0.4, -0.2) is 25.3 Å². The van der Waals surface area contributed by atoms with Gasteiger partial charge in [-0.25, -0.2) is 10.2 Å². The molecule has 0 spiro atoms. The number of nitrogens with zero attached hydrogens (tertiary/aromatic N) is 2. The van der Waals surface area contributed by atoms with Gasteiger partial charge in [-0.2, -0.15) is 5.10 Å². The Kier molecular flexibility index (Phi) is 5.33. The molecule has 5 nitrogen and oxygen atoms in total. The summed E-state index contributed by atoms with van der Waals surface area (Å²) < 4.78 is 0. The zero-order valence-electron chi connectivity index (χ0n) is 14.7. The number of hydrazone groups is 1. The fraction of sp³-hybridized carbons (Fsp3) is 0.300. The number of hydrogen-bond acceptors (Lipinski definition) is 3. The third-order valence-electron chi connectivity index (χ3n) is 4.37. The third-order valence-corrected chi connectivity index (χ3v) is 4.37. The zero-order chi connectivity index (χ0) is 17.6. The molecule has 0 saturated carbocycles. The molecule has 0 aliphatic carbocycles. The number of carbonyl (C=O) groups excluding carboxylic acids is 1. The number of aryl methyl sites for hydroxylation is 2. The van der Waals surface area contributed by atoms with Gasteiger partial charge < -0.3 is 10.2 Å². The molecule has 1 aliphatic heterocycles. The highest BCUT2D eigenvalue weighted by Gasteiger charge is 2.11.